The molecule has 0 aliphatic carbocycles. The normalized spacial score (nSPS) is 17.2. The van der Waals surface area contributed by atoms with Gasteiger partial charge in [0.1, 0.15) is 0 Å². The molecule has 1 unspecified atom stereocenters. The number of nitrogens with one attached hydrogen (secondary N) is 1. The van der Waals surface area contributed by atoms with Crippen molar-refractivity contribution in [3.05, 3.63) is 29.8 Å². The van der Waals surface area contributed by atoms with Crippen LogP contribution in [0.5, 0.6) is 0 Å². The summed E-state index contributed by atoms with van der Waals surface area (Å²) in [5, 5.41) is 2.71. The fraction of sp³-hybridized carbons (Fsp3) is 0.500. The Morgan fingerprint density at radius 2 is 1.96 bits per heavy atom. The third kappa shape index (κ3) is 4.81. The Hall–Kier alpha value is -2.37. The van der Waals surface area contributed by atoms with Crippen molar-refractivity contribution < 1.29 is 19.1 Å². The maximum Gasteiger partial charge on any atom is 0.307 e. The second kappa shape index (κ2) is 7.95. The number of hydrogen-bond acceptors (Lipinski definition) is 4. The SMILES string of the molecule is Cc1ccc(N2CC(C(=O)NCCC(=O)OC(C)C)CC2=O)cc1. The molecule has 6 heteroatoms. The van der Waals surface area contributed by atoms with Gasteiger partial charge >= 0.3 is 5.97 Å². The molecule has 0 spiro atoms. The molecule has 1 aromatic rings. The molecule has 2 rings (SSSR count). The van der Waals surface area contributed by atoms with Gasteiger partial charge in [0.25, 0.3) is 0 Å². The number of benzene rings is 1. The van der Waals surface area contributed by atoms with Gasteiger partial charge in [0.2, 0.25) is 11.8 Å². The highest BCUT2D eigenvalue weighted by Gasteiger charge is 2.34. The van der Waals surface area contributed by atoms with E-state index in [4.69, 9.17) is 4.74 Å². The first-order valence-electron chi connectivity index (χ1n) is 8.21. The van der Waals surface area contributed by atoms with E-state index >= 15 is 0 Å². The Bertz CT molecular complexity index is 610. The molecular weight excluding hydrogens is 308 g/mol. The highest BCUT2D eigenvalue weighted by Crippen LogP contribution is 2.25. The lowest BCUT2D eigenvalue weighted by Gasteiger charge is -2.17. The predicted molar refractivity (Wildman–Crippen MR) is 90.5 cm³/mol. The van der Waals surface area contributed by atoms with E-state index in [-0.39, 0.29) is 49.2 Å². The molecule has 1 atom stereocenters. The van der Waals surface area contributed by atoms with Gasteiger partial charge in [0, 0.05) is 25.2 Å². The van der Waals surface area contributed by atoms with E-state index in [0.29, 0.717) is 6.54 Å². The monoisotopic (exact) mass is 332 g/mol. The Labute approximate surface area is 142 Å². The second-order valence-corrected chi connectivity index (χ2v) is 6.32. The summed E-state index contributed by atoms with van der Waals surface area (Å²) in [6.07, 6.45) is 0.159. The average Bonchev–Trinajstić information content (AvgIpc) is 2.89. The van der Waals surface area contributed by atoms with E-state index in [1.165, 1.54) is 0 Å². The summed E-state index contributed by atoms with van der Waals surface area (Å²) >= 11 is 0. The third-order valence-electron chi connectivity index (χ3n) is 3.84. The van der Waals surface area contributed by atoms with Crippen LogP contribution >= 0.6 is 0 Å². The van der Waals surface area contributed by atoms with E-state index in [1.54, 1.807) is 18.7 Å². The van der Waals surface area contributed by atoms with Gasteiger partial charge < -0.3 is 15.0 Å². The van der Waals surface area contributed by atoms with E-state index in [9.17, 15) is 14.4 Å². The first-order valence-corrected chi connectivity index (χ1v) is 8.21. The lowest BCUT2D eigenvalue weighted by molar-refractivity contribution is -0.147. The van der Waals surface area contributed by atoms with Crippen molar-refractivity contribution >= 4 is 23.5 Å². The van der Waals surface area contributed by atoms with Gasteiger partial charge in [-0.05, 0) is 32.9 Å². The van der Waals surface area contributed by atoms with Gasteiger partial charge in [-0.15, -0.1) is 0 Å². The van der Waals surface area contributed by atoms with E-state index < -0.39 is 0 Å². The predicted octanol–water partition coefficient (Wildman–Crippen LogP) is 1.81. The summed E-state index contributed by atoms with van der Waals surface area (Å²) in [5.41, 5.74) is 1.93. The van der Waals surface area contributed by atoms with Crippen LogP contribution in [0.1, 0.15) is 32.3 Å². The highest BCUT2D eigenvalue weighted by molar-refractivity contribution is 6.00. The molecule has 0 aromatic heterocycles. The minimum atomic E-state index is -0.389. The molecule has 6 nitrogen and oxygen atoms in total. The fourth-order valence-electron chi connectivity index (χ4n) is 2.61. The largest absolute Gasteiger partial charge is 0.463 e. The standard InChI is InChI=1S/C18H24N2O4/c1-12(2)24-17(22)8-9-19-18(23)14-10-16(21)20(11-14)15-6-4-13(3)5-7-15/h4-7,12,14H,8-11H2,1-3H3,(H,19,23). The Balaban J connectivity index is 1.83. The molecule has 0 radical (unpaired) electrons. The number of aryl methyl sites for hydroxylation is 1. The molecule has 1 fully saturated rings. The van der Waals surface area contributed by atoms with Crippen molar-refractivity contribution in [1.82, 2.24) is 5.32 Å². The van der Waals surface area contributed by atoms with Crippen LogP contribution in [0.2, 0.25) is 0 Å². The zero-order chi connectivity index (χ0) is 17.7. The molecule has 1 aliphatic heterocycles. The smallest absolute Gasteiger partial charge is 0.307 e. The number of carbonyl (C=O) groups excluding carboxylic acids is 3. The topological polar surface area (TPSA) is 75.7 Å². The maximum absolute atomic E-state index is 12.2. The maximum atomic E-state index is 12.2. The van der Waals surface area contributed by atoms with Crippen LogP contribution in [0.4, 0.5) is 5.69 Å². The lowest BCUT2D eigenvalue weighted by atomic mass is 10.1. The van der Waals surface area contributed by atoms with Crippen LogP contribution in [0.25, 0.3) is 0 Å². The summed E-state index contributed by atoms with van der Waals surface area (Å²) in [6.45, 7) is 6.13. The number of carbonyl (C=O) groups is 3. The summed E-state index contributed by atoms with van der Waals surface area (Å²) in [5.74, 6) is -0.984. The minimum absolute atomic E-state index is 0.0572. The van der Waals surface area contributed by atoms with Crippen LogP contribution in [-0.4, -0.2) is 37.0 Å². The molecule has 1 heterocycles. The van der Waals surface area contributed by atoms with Gasteiger partial charge in [-0.2, -0.15) is 0 Å². The zero-order valence-electron chi connectivity index (χ0n) is 14.4. The molecule has 0 saturated carbocycles. The highest BCUT2D eigenvalue weighted by atomic mass is 16.5. The van der Waals surface area contributed by atoms with Crippen molar-refractivity contribution in [2.75, 3.05) is 18.0 Å². The first-order chi connectivity index (χ1) is 11.4. The molecule has 1 N–H and O–H groups in total. The number of rotatable bonds is 6. The van der Waals surface area contributed by atoms with Crippen molar-refractivity contribution in [1.29, 1.82) is 0 Å². The van der Waals surface area contributed by atoms with Crippen molar-refractivity contribution in [2.45, 2.75) is 39.7 Å². The Morgan fingerprint density at radius 1 is 1.29 bits per heavy atom. The van der Waals surface area contributed by atoms with Crippen LogP contribution in [0.15, 0.2) is 24.3 Å². The quantitative estimate of drug-likeness (QED) is 0.806. The van der Waals surface area contributed by atoms with Gasteiger partial charge in [-0.3, -0.25) is 14.4 Å². The van der Waals surface area contributed by atoms with Crippen molar-refractivity contribution in [2.24, 2.45) is 5.92 Å². The summed E-state index contributed by atoms with van der Waals surface area (Å²) < 4.78 is 5.01. The molecule has 130 valence electrons. The number of hydrogen-bond donors (Lipinski definition) is 1. The Morgan fingerprint density at radius 3 is 2.58 bits per heavy atom. The molecule has 0 bridgehead atoms. The lowest BCUT2D eigenvalue weighted by Crippen LogP contribution is -2.34. The number of esters is 1. The van der Waals surface area contributed by atoms with Gasteiger partial charge in [0.15, 0.2) is 0 Å². The minimum Gasteiger partial charge on any atom is -0.463 e. The van der Waals surface area contributed by atoms with Gasteiger partial charge in [-0.25, -0.2) is 0 Å². The molecule has 1 aliphatic rings. The molecule has 24 heavy (non-hydrogen) atoms. The number of amides is 2. The van der Waals surface area contributed by atoms with Crippen molar-refractivity contribution in [3.8, 4) is 0 Å². The summed E-state index contributed by atoms with van der Waals surface area (Å²) in [6, 6.07) is 7.65. The molecule has 1 saturated heterocycles. The van der Waals surface area contributed by atoms with Crippen molar-refractivity contribution in [3.63, 3.8) is 0 Å². The Kier molecular flexibility index (Phi) is 5.95. The summed E-state index contributed by atoms with van der Waals surface area (Å²) in [7, 11) is 0. The number of nitrogens with zero attached hydrogens (tertiary/aromatic N) is 1. The molecular formula is C18H24N2O4. The van der Waals surface area contributed by atoms with Crippen LogP contribution in [0, 0.1) is 12.8 Å². The van der Waals surface area contributed by atoms with E-state index in [1.807, 2.05) is 31.2 Å². The van der Waals surface area contributed by atoms with Crippen LogP contribution < -0.4 is 10.2 Å². The first kappa shape index (κ1) is 18.0. The number of anilines is 1. The van der Waals surface area contributed by atoms with Gasteiger partial charge in [-0.1, -0.05) is 17.7 Å². The fourth-order valence-corrected chi connectivity index (χ4v) is 2.61. The average molecular weight is 332 g/mol. The second-order valence-electron chi connectivity index (χ2n) is 6.32. The summed E-state index contributed by atoms with van der Waals surface area (Å²) in [4.78, 5) is 37.4. The third-order valence-corrected chi connectivity index (χ3v) is 3.84. The van der Waals surface area contributed by atoms with E-state index in [2.05, 4.69) is 5.32 Å². The van der Waals surface area contributed by atoms with Gasteiger partial charge in [0.05, 0.1) is 18.4 Å². The molecule has 1 aromatic carbocycles. The van der Waals surface area contributed by atoms with Crippen LogP contribution in [0.3, 0.4) is 0 Å². The molecule has 2 amide bonds. The van der Waals surface area contributed by atoms with E-state index in [0.717, 1.165) is 11.3 Å². The number of ether oxygens (including phenoxy) is 1. The van der Waals surface area contributed by atoms with Crippen LogP contribution in [-0.2, 0) is 19.1 Å². The zero-order valence-corrected chi connectivity index (χ0v) is 14.4.